The maximum absolute atomic E-state index is 5.49. The third-order valence-electron chi connectivity index (χ3n) is 3.44. The molecule has 1 aromatic heterocycles. The summed E-state index contributed by atoms with van der Waals surface area (Å²) in [6.07, 6.45) is 5.00. The summed E-state index contributed by atoms with van der Waals surface area (Å²) in [4.78, 5) is 12.5. The summed E-state index contributed by atoms with van der Waals surface area (Å²) in [6, 6.07) is 0.283. The van der Waals surface area contributed by atoms with Crippen molar-refractivity contribution in [2.45, 2.75) is 52.6 Å². The zero-order chi connectivity index (χ0) is 14.6. The van der Waals surface area contributed by atoms with Gasteiger partial charge in [-0.3, -0.25) is 5.43 Å². The number of hydrogen-bond donors (Lipinski definition) is 3. The summed E-state index contributed by atoms with van der Waals surface area (Å²) in [5, 5.41) is 3.28. The number of nitrogen functional groups attached to an aromatic ring is 1. The van der Waals surface area contributed by atoms with Gasteiger partial charge in [0.15, 0.2) is 0 Å². The number of nitrogens with zero attached hydrogens (tertiary/aromatic N) is 3. The largest absolute Gasteiger partial charge is 0.461 e. The van der Waals surface area contributed by atoms with Crippen LogP contribution in [0.4, 0.5) is 11.9 Å². The molecule has 0 saturated heterocycles. The Hall–Kier alpha value is -1.63. The lowest BCUT2D eigenvalue weighted by Crippen LogP contribution is -2.20. The van der Waals surface area contributed by atoms with E-state index in [4.69, 9.17) is 10.6 Å². The summed E-state index contributed by atoms with van der Waals surface area (Å²) < 4.78 is 5.49. The highest BCUT2D eigenvalue weighted by Crippen LogP contribution is 2.49. The Morgan fingerprint density at radius 1 is 1.25 bits per heavy atom. The molecule has 0 amide bonds. The van der Waals surface area contributed by atoms with Gasteiger partial charge >= 0.3 is 6.01 Å². The molecular formula is C13H24N6O. The molecule has 7 nitrogen and oxygen atoms in total. The first-order valence-corrected chi connectivity index (χ1v) is 7.20. The second kappa shape index (κ2) is 6.21. The van der Waals surface area contributed by atoms with Crippen LogP contribution in [-0.2, 0) is 0 Å². The molecule has 0 aromatic carbocycles. The highest BCUT2D eigenvalue weighted by Gasteiger charge is 2.41. The van der Waals surface area contributed by atoms with Crippen LogP contribution in [0, 0.1) is 5.41 Å². The lowest BCUT2D eigenvalue weighted by Gasteiger charge is -2.16. The molecule has 7 heteroatoms. The molecule has 0 bridgehead atoms. The normalized spacial score (nSPS) is 16.1. The van der Waals surface area contributed by atoms with Gasteiger partial charge in [0.25, 0.3) is 0 Å². The Bertz CT molecular complexity index is 446. The lowest BCUT2D eigenvalue weighted by atomic mass is 10.0. The van der Waals surface area contributed by atoms with Crippen molar-refractivity contribution in [1.82, 2.24) is 15.0 Å². The van der Waals surface area contributed by atoms with Crippen molar-refractivity contribution in [3.05, 3.63) is 0 Å². The quantitative estimate of drug-likeness (QED) is 0.494. The van der Waals surface area contributed by atoms with E-state index in [-0.39, 0.29) is 12.1 Å². The van der Waals surface area contributed by atoms with E-state index in [0.29, 0.717) is 17.3 Å². The Balaban J connectivity index is 2.02. The third-order valence-corrected chi connectivity index (χ3v) is 3.44. The fraction of sp³-hybridized carbons (Fsp3) is 0.769. The van der Waals surface area contributed by atoms with Crippen LogP contribution in [0.3, 0.4) is 0 Å². The van der Waals surface area contributed by atoms with E-state index >= 15 is 0 Å². The van der Waals surface area contributed by atoms with Gasteiger partial charge in [-0.05, 0) is 38.5 Å². The number of aromatic nitrogens is 3. The molecule has 0 aliphatic heterocycles. The van der Waals surface area contributed by atoms with Gasteiger partial charge in [0.1, 0.15) is 0 Å². The van der Waals surface area contributed by atoms with Crippen LogP contribution in [0.15, 0.2) is 0 Å². The SMILES string of the molecule is CCCC1(CNc2nc(NN)nc(OC(C)C)n2)CC1. The number of hydrogen-bond acceptors (Lipinski definition) is 7. The number of ether oxygens (including phenoxy) is 1. The molecule has 1 aliphatic rings. The molecule has 20 heavy (non-hydrogen) atoms. The predicted octanol–water partition coefficient (Wildman–Crippen LogP) is 1.94. The number of anilines is 2. The van der Waals surface area contributed by atoms with Crippen molar-refractivity contribution in [2.75, 3.05) is 17.3 Å². The fourth-order valence-electron chi connectivity index (χ4n) is 2.25. The average molecular weight is 280 g/mol. The number of rotatable bonds is 8. The van der Waals surface area contributed by atoms with Crippen LogP contribution in [0.5, 0.6) is 6.01 Å². The molecule has 1 aromatic rings. The predicted molar refractivity (Wildman–Crippen MR) is 78.5 cm³/mol. The van der Waals surface area contributed by atoms with E-state index < -0.39 is 0 Å². The number of nitrogens with one attached hydrogen (secondary N) is 2. The number of hydrazine groups is 1. The fourth-order valence-corrected chi connectivity index (χ4v) is 2.25. The summed E-state index contributed by atoms with van der Waals surface area (Å²) in [6.45, 7) is 6.95. The van der Waals surface area contributed by atoms with Crippen LogP contribution in [0.1, 0.15) is 46.5 Å². The first kappa shape index (κ1) is 14.8. The van der Waals surface area contributed by atoms with Gasteiger partial charge in [-0.1, -0.05) is 13.3 Å². The second-order valence-corrected chi connectivity index (χ2v) is 5.68. The zero-order valence-electron chi connectivity index (χ0n) is 12.4. The van der Waals surface area contributed by atoms with E-state index in [2.05, 4.69) is 32.6 Å². The minimum atomic E-state index is 0.00531. The van der Waals surface area contributed by atoms with Gasteiger partial charge in [0.05, 0.1) is 6.10 Å². The Morgan fingerprint density at radius 3 is 2.50 bits per heavy atom. The van der Waals surface area contributed by atoms with E-state index in [0.717, 1.165) is 6.54 Å². The third kappa shape index (κ3) is 3.93. The summed E-state index contributed by atoms with van der Waals surface area (Å²) in [5.41, 5.74) is 2.86. The number of nitrogens with two attached hydrogens (primary N) is 1. The molecular weight excluding hydrogens is 256 g/mol. The van der Waals surface area contributed by atoms with Gasteiger partial charge in [0.2, 0.25) is 11.9 Å². The minimum Gasteiger partial charge on any atom is -0.461 e. The molecule has 112 valence electrons. The van der Waals surface area contributed by atoms with Crippen molar-refractivity contribution in [2.24, 2.45) is 11.3 Å². The Kier molecular flexibility index (Phi) is 4.59. The first-order valence-electron chi connectivity index (χ1n) is 7.20. The van der Waals surface area contributed by atoms with Crippen LogP contribution in [-0.4, -0.2) is 27.6 Å². The topological polar surface area (TPSA) is 98.0 Å². The van der Waals surface area contributed by atoms with Crippen LogP contribution in [0.2, 0.25) is 0 Å². The average Bonchev–Trinajstić information content (AvgIpc) is 3.16. The van der Waals surface area contributed by atoms with Crippen LogP contribution >= 0.6 is 0 Å². The van der Waals surface area contributed by atoms with E-state index in [1.165, 1.54) is 25.7 Å². The molecule has 1 saturated carbocycles. The van der Waals surface area contributed by atoms with E-state index in [1.54, 1.807) is 0 Å². The molecule has 2 rings (SSSR count). The summed E-state index contributed by atoms with van der Waals surface area (Å²) >= 11 is 0. The van der Waals surface area contributed by atoms with Gasteiger partial charge in [-0.25, -0.2) is 5.84 Å². The molecule has 0 spiro atoms. The van der Waals surface area contributed by atoms with Gasteiger partial charge in [-0.15, -0.1) is 0 Å². The molecule has 1 fully saturated rings. The van der Waals surface area contributed by atoms with Crippen molar-refractivity contribution in [3.8, 4) is 6.01 Å². The summed E-state index contributed by atoms with van der Waals surface area (Å²) in [7, 11) is 0. The second-order valence-electron chi connectivity index (χ2n) is 5.68. The van der Waals surface area contributed by atoms with Crippen LogP contribution < -0.4 is 21.3 Å². The molecule has 0 radical (unpaired) electrons. The van der Waals surface area contributed by atoms with Crippen molar-refractivity contribution < 1.29 is 4.74 Å². The van der Waals surface area contributed by atoms with Crippen molar-refractivity contribution >= 4 is 11.9 Å². The maximum Gasteiger partial charge on any atom is 0.323 e. The minimum absolute atomic E-state index is 0.00531. The summed E-state index contributed by atoms with van der Waals surface area (Å²) in [5.74, 6) is 6.18. The van der Waals surface area contributed by atoms with E-state index in [9.17, 15) is 0 Å². The highest BCUT2D eigenvalue weighted by molar-refractivity contribution is 5.35. The standard InChI is InChI=1S/C13H24N6O/c1-4-5-13(6-7-13)8-15-10-16-11(19-14)18-12(17-10)20-9(2)3/h9H,4-8,14H2,1-3H3,(H2,15,16,17,18,19). The van der Waals surface area contributed by atoms with Gasteiger partial charge in [-0.2, -0.15) is 15.0 Å². The zero-order valence-corrected chi connectivity index (χ0v) is 12.4. The van der Waals surface area contributed by atoms with Crippen molar-refractivity contribution in [1.29, 1.82) is 0 Å². The molecule has 4 N–H and O–H groups in total. The molecule has 1 heterocycles. The molecule has 0 unspecified atom stereocenters. The van der Waals surface area contributed by atoms with Crippen LogP contribution in [0.25, 0.3) is 0 Å². The van der Waals surface area contributed by atoms with Crippen molar-refractivity contribution in [3.63, 3.8) is 0 Å². The Morgan fingerprint density at radius 2 is 1.95 bits per heavy atom. The lowest BCUT2D eigenvalue weighted by molar-refractivity contribution is 0.222. The Labute approximate surface area is 119 Å². The highest BCUT2D eigenvalue weighted by atomic mass is 16.5. The smallest absolute Gasteiger partial charge is 0.323 e. The van der Waals surface area contributed by atoms with Gasteiger partial charge < -0.3 is 10.1 Å². The first-order chi connectivity index (χ1) is 9.57. The maximum atomic E-state index is 5.49. The van der Waals surface area contributed by atoms with E-state index in [1.807, 2.05) is 13.8 Å². The van der Waals surface area contributed by atoms with Gasteiger partial charge in [0, 0.05) is 6.54 Å². The molecule has 0 atom stereocenters. The molecule has 1 aliphatic carbocycles. The monoisotopic (exact) mass is 280 g/mol.